The lowest BCUT2D eigenvalue weighted by Crippen LogP contribution is -2.46. The standard InChI is InChI=1S/C15H21F3N2S/c1-11-10-20(6-5-14(11)19)7-8-21-13-4-2-3-12(9-13)15(16,17)18/h2-4,9,11,14H,5-8,10,19H2,1H3. The van der Waals surface area contributed by atoms with Crippen molar-refractivity contribution < 1.29 is 13.2 Å². The molecule has 1 aromatic carbocycles. The van der Waals surface area contributed by atoms with E-state index in [1.807, 2.05) is 0 Å². The van der Waals surface area contributed by atoms with E-state index in [-0.39, 0.29) is 6.04 Å². The van der Waals surface area contributed by atoms with Gasteiger partial charge in [-0.25, -0.2) is 0 Å². The van der Waals surface area contributed by atoms with Crippen LogP contribution >= 0.6 is 11.8 Å². The Labute approximate surface area is 127 Å². The fraction of sp³-hybridized carbons (Fsp3) is 0.600. The van der Waals surface area contributed by atoms with E-state index >= 15 is 0 Å². The summed E-state index contributed by atoms with van der Waals surface area (Å²) in [6.07, 6.45) is -3.27. The third-order valence-electron chi connectivity index (χ3n) is 3.89. The maximum Gasteiger partial charge on any atom is 0.416 e. The van der Waals surface area contributed by atoms with Gasteiger partial charge < -0.3 is 10.6 Å². The molecule has 2 N–H and O–H groups in total. The summed E-state index contributed by atoms with van der Waals surface area (Å²) in [5, 5.41) is 0. The van der Waals surface area contributed by atoms with Crippen molar-refractivity contribution in [1.82, 2.24) is 4.90 Å². The van der Waals surface area contributed by atoms with Crippen LogP contribution in [-0.2, 0) is 6.18 Å². The third kappa shape index (κ3) is 4.90. The normalized spacial score (nSPS) is 24.2. The summed E-state index contributed by atoms with van der Waals surface area (Å²) in [6.45, 7) is 4.99. The number of hydrogen-bond donors (Lipinski definition) is 1. The van der Waals surface area contributed by atoms with Crippen molar-refractivity contribution in [3.8, 4) is 0 Å². The van der Waals surface area contributed by atoms with E-state index in [1.165, 1.54) is 23.9 Å². The largest absolute Gasteiger partial charge is 0.416 e. The van der Waals surface area contributed by atoms with Crippen LogP contribution in [0.25, 0.3) is 0 Å². The molecule has 0 spiro atoms. The molecule has 2 nitrogen and oxygen atoms in total. The van der Waals surface area contributed by atoms with E-state index in [0.717, 1.165) is 37.9 Å². The number of rotatable bonds is 4. The van der Waals surface area contributed by atoms with Crippen LogP contribution in [0.5, 0.6) is 0 Å². The quantitative estimate of drug-likeness (QED) is 0.862. The summed E-state index contributed by atoms with van der Waals surface area (Å²) in [7, 11) is 0. The summed E-state index contributed by atoms with van der Waals surface area (Å²) in [5.41, 5.74) is 5.40. The van der Waals surface area contributed by atoms with Crippen molar-refractivity contribution in [2.75, 3.05) is 25.4 Å². The van der Waals surface area contributed by atoms with Crippen molar-refractivity contribution in [3.05, 3.63) is 29.8 Å². The molecule has 1 aliphatic rings. The lowest BCUT2D eigenvalue weighted by molar-refractivity contribution is -0.137. The lowest BCUT2D eigenvalue weighted by Gasteiger charge is -2.34. The SMILES string of the molecule is CC1CN(CCSc2cccc(C(F)(F)F)c2)CCC1N. The summed E-state index contributed by atoms with van der Waals surface area (Å²) >= 11 is 1.47. The monoisotopic (exact) mass is 318 g/mol. The van der Waals surface area contributed by atoms with E-state index in [9.17, 15) is 13.2 Å². The molecule has 1 saturated heterocycles. The number of piperidine rings is 1. The predicted molar refractivity (Wildman–Crippen MR) is 80.4 cm³/mol. The van der Waals surface area contributed by atoms with Crippen molar-refractivity contribution in [2.45, 2.75) is 30.5 Å². The van der Waals surface area contributed by atoms with Gasteiger partial charge in [0.1, 0.15) is 0 Å². The Morgan fingerprint density at radius 1 is 1.38 bits per heavy atom. The Bertz CT molecular complexity index is 464. The summed E-state index contributed by atoms with van der Waals surface area (Å²) in [5.74, 6) is 1.28. The second kappa shape index (κ2) is 7.03. The summed E-state index contributed by atoms with van der Waals surface area (Å²) < 4.78 is 37.9. The van der Waals surface area contributed by atoms with Crippen molar-refractivity contribution in [1.29, 1.82) is 0 Å². The highest BCUT2D eigenvalue weighted by Crippen LogP contribution is 2.31. The van der Waals surface area contributed by atoms with Gasteiger partial charge in [-0.2, -0.15) is 13.2 Å². The number of halogens is 3. The molecule has 0 bridgehead atoms. The third-order valence-corrected chi connectivity index (χ3v) is 4.87. The first-order valence-electron chi connectivity index (χ1n) is 7.14. The van der Waals surface area contributed by atoms with Crippen LogP contribution in [0.1, 0.15) is 18.9 Å². The van der Waals surface area contributed by atoms with Crippen molar-refractivity contribution in [3.63, 3.8) is 0 Å². The second-order valence-corrected chi connectivity index (χ2v) is 6.77. The number of benzene rings is 1. The molecule has 0 aromatic heterocycles. The first-order chi connectivity index (χ1) is 9.86. The van der Waals surface area contributed by atoms with E-state index in [4.69, 9.17) is 5.73 Å². The van der Waals surface area contributed by atoms with E-state index in [2.05, 4.69) is 11.8 Å². The molecule has 118 valence electrons. The molecule has 2 atom stereocenters. The highest BCUT2D eigenvalue weighted by atomic mass is 32.2. The van der Waals surface area contributed by atoms with Gasteiger partial charge in [-0.15, -0.1) is 11.8 Å². The number of hydrogen-bond acceptors (Lipinski definition) is 3. The number of nitrogens with zero attached hydrogens (tertiary/aromatic N) is 1. The molecule has 2 rings (SSSR count). The summed E-state index contributed by atoms with van der Waals surface area (Å²) in [6, 6.07) is 5.80. The number of alkyl halides is 3. The zero-order chi connectivity index (χ0) is 15.5. The predicted octanol–water partition coefficient (Wildman–Crippen LogP) is 3.47. The zero-order valence-corrected chi connectivity index (χ0v) is 12.9. The Morgan fingerprint density at radius 3 is 2.81 bits per heavy atom. The van der Waals surface area contributed by atoms with Crippen LogP contribution in [0, 0.1) is 5.92 Å². The van der Waals surface area contributed by atoms with Gasteiger partial charge in [0.15, 0.2) is 0 Å². The molecule has 1 aliphatic heterocycles. The maximum absolute atomic E-state index is 12.6. The van der Waals surface area contributed by atoms with Crippen molar-refractivity contribution in [2.24, 2.45) is 11.7 Å². The Morgan fingerprint density at radius 2 is 2.14 bits per heavy atom. The van der Waals surface area contributed by atoms with Gasteiger partial charge in [-0.1, -0.05) is 13.0 Å². The molecule has 1 heterocycles. The van der Waals surface area contributed by atoms with Gasteiger partial charge >= 0.3 is 6.18 Å². The molecule has 0 saturated carbocycles. The first kappa shape index (κ1) is 16.6. The molecule has 21 heavy (non-hydrogen) atoms. The van der Waals surface area contributed by atoms with Crippen LogP contribution in [0.15, 0.2) is 29.2 Å². The molecule has 1 aromatic rings. The van der Waals surface area contributed by atoms with Crippen LogP contribution < -0.4 is 5.73 Å². The Hall–Kier alpha value is -0.720. The molecular weight excluding hydrogens is 297 g/mol. The van der Waals surface area contributed by atoms with Gasteiger partial charge in [0.25, 0.3) is 0 Å². The van der Waals surface area contributed by atoms with Crippen LogP contribution in [0.4, 0.5) is 13.2 Å². The highest BCUT2D eigenvalue weighted by Gasteiger charge is 2.30. The summed E-state index contributed by atoms with van der Waals surface area (Å²) in [4.78, 5) is 3.01. The van der Waals surface area contributed by atoms with Gasteiger partial charge in [0, 0.05) is 29.8 Å². The fourth-order valence-corrected chi connectivity index (χ4v) is 3.48. The molecule has 2 unspecified atom stereocenters. The molecule has 0 radical (unpaired) electrons. The topological polar surface area (TPSA) is 29.3 Å². The molecule has 6 heteroatoms. The highest BCUT2D eigenvalue weighted by molar-refractivity contribution is 7.99. The molecular formula is C15H21F3N2S. The average molecular weight is 318 g/mol. The zero-order valence-electron chi connectivity index (χ0n) is 12.1. The smallest absolute Gasteiger partial charge is 0.327 e. The first-order valence-corrected chi connectivity index (χ1v) is 8.13. The van der Waals surface area contributed by atoms with Gasteiger partial charge in [0.05, 0.1) is 5.56 Å². The molecule has 0 aliphatic carbocycles. The minimum Gasteiger partial charge on any atom is -0.327 e. The van der Waals surface area contributed by atoms with Gasteiger partial charge in [0.2, 0.25) is 0 Å². The van der Waals surface area contributed by atoms with Gasteiger partial charge in [-0.3, -0.25) is 0 Å². The number of likely N-dealkylation sites (tertiary alicyclic amines) is 1. The van der Waals surface area contributed by atoms with E-state index in [1.54, 1.807) is 6.07 Å². The average Bonchev–Trinajstić information content (AvgIpc) is 2.42. The lowest BCUT2D eigenvalue weighted by atomic mass is 9.95. The second-order valence-electron chi connectivity index (χ2n) is 5.60. The van der Waals surface area contributed by atoms with Crippen molar-refractivity contribution >= 4 is 11.8 Å². The number of thioether (sulfide) groups is 1. The number of nitrogens with two attached hydrogens (primary N) is 1. The Kier molecular flexibility index (Phi) is 5.57. The van der Waals surface area contributed by atoms with E-state index < -0.39 is 11.7 Å². The van der Waals surface area contributed by atoms with Gasteiger partial charge in [-0.05, 0) is 37.1 Å². The minimum absolute atomic E-state index is 0.275. The molecule has 1 fully saturated rings. The fourth-order valence-electron chi connectivity index (χ4n) is 2.51. The van der Waals surface area contributed by atoms with Crippen LogP contribution in [0.3, 0.4) is 0 Å². The maximum atomic E-state index is 12.6. The Balaban J connectivity index is 1.81. The van der Waals surface area contributed by atoms with Crippen LogP contribution in [0.2, 0.25) is 0 Å². The van der Waals surface area contributed by atoms with E-state index in [0.29, 0.717) is 10.8 Å². The molecule has 0 amide bonds. The van der Waals surface area contributed by atoms with Crippen LogP contribution in [-0.4, -0.2) is 36.3 Å². The minimum atomic E-state index is -4.27.